The van der Waals surface area contributed by atoms with Gasteiger partial charge in [-0.1, -0.05) is 12.1 Å². The van der Waals surface area contributed by atoms with Crippen molar-refractivity contribution in [1.29, 1.82) is 0 Å². The minimum Gasteiger partial charge on any atom is -0.368 e. The summed E-state index contributed by atoms with van der Waals surface area (Å²) in [6.45, 7) is 1.10. The molecule has 8 heteroatoms. The molecule has 1 atom stereocenters. The first kappa shape index (κ1) is 18.9. The van der Waals surface area contributed by atoms with Crippen molar-refractivity contribution in [3.8, 4) is 11.3 Å². The predicted octanol–water partition coefficient (Wildman–Crippen LogP) is 2.20. The third-order valence-corrected chi connectivity index (χ3v) is 4.79. The van der Waals surface area contributed by atoms with Crippen LogP contribution in [0.1, 0.15) is 22.2 Å². The molecule has 1 fully saturated rings. The van der Waals surface area contributed by atoms with Gasteiger partial charge in [-0.15, -0.1) is 0 Å². The SMILES string of the molecule is Cn1cc(C(=O)N2CCO[C@@H](c3cncc(-c4cccc(F)c4)n3)C2)ccc1=O. The number of carbonyl (C=O) groups excluding carboxylic acids is 1. The first-order chi connectivity index (χ1) is 14.0. The quantitative estimate of drug-likeness (QED) is 0.681. The number of rotatable bonds is 3. The summed E-state index contributed by atoms with van der Waals surface area (Å²) in [4.78, 5) is 34.8. The molecule has 0 aliphatic carbocycles. The minimum atomic E-state index is -0.443. The van der Waals surface area contributed by atoms with Crippen molar-refractivity contribution in [2.24, 2.45) is 7.05 Å². The van der Waals surface area contributed by atoms with Crippen molar-refractivity contribution in [2.45, 2.75) is 6.10 Å². The van der Waals surface area contributed by atoms with Crippen molar-refractivity contribution in [2.75, 3.05) is 19.7 Å². The number of ether oxygens (including phenoxy) is 1. The molecule has 1 saturated heterocycles. The van der Waals surface area contributed by atoms with E-state index < -0.39 is 6.10 Å². The van der Waals surface area contributed by atoms with Crippen LogP contribution in [0.4, 0.5) is 4.39 Å². The molecule has 1 aromatic carbocycles. The summed E-state index contributed by atoms with van der Waals surface area (Å²) in [7, 11) is 1.61. The Bertz CT molecular complexity index is 1110. The molecule has 1 aliphatic rings. The van der Waals surface area contributed by atoms with Gasteiger partial charge in [0, 0.05) is 31.4 Å². The Labute approximate surface area is 166 Å². The van der Waals surface area contributed by atoms with Crippen LogP contribution in [0.15, 0.2) is 59.8 Å². The maximum absolute atomic E-state index is 13.5. The van der Waals surface area contributed by atoms with Gasteiger partial charge in [-0.25, -0.2) is 9.37 Å². The van der Waals surface area contributed by atoms with Crippen molar-refractivity contribution in [1.82, 2.24) is 19.4 Å². The number of halogens is 1. The molecule has 7 nitrogen and oxygen atoms in total. The summed E-state index contributed by atoms with van der Waals surface area (Å²) < 4.78 is 20.7. The van der Waals surface area contributed by atoms with Crippen LogP contribution in [0.5, 0.6) is 0 Å². The summed E-state index contributed by atoms with van der Waals surface area (Å²) in [6, 6.07) is 9.04. The average molecular weight is 394 g/mol. The number of nitrogens with zero attached hydrogens (tertiary/aromatic N) is 4. The first-order valence-electron chi connectivity index (χ1n) is 9.17. The maximum Gasteiger partial charge on any atom is 0.255 e. The van der Waals surface area contributed by atoms with Crippen LogP contribution in [-0.2, 0) is 11.8 Å². The van der Waals surface area contributed by atoms with E-state index in [-0.39, 0.29) is 17.3 Å². The lowest BCUT2D eigenvalue weighted by Gasteiger charge is -2.32. The molecule has 29 heavy (non-hydrogen) atoms. The van der Waals surface area contributed by atoms with E-state index in [1.54, 1.807) is 36.5 Å². The number of pyridine rings is 1. The van der Waals surface area contributed by atoms with Gasteiger partial charge in [0.1, 0.15) is 11.9 Å². The van der Waals surface area contributed by atoms with Crippen LogP contribution in [0.3, 0.4) is 0 Å². The summed E-state index contributed by atoms with van der Waals surface area (Å²) in [5, 5.41) is 0. The van der Waals surface area contributed by atoms with E-state index in [1.807, 2.05) is 0 Å². The molecule has 4 rings (SSSR count). The predicted molar refractivity (Wildman–Crippen MR) is 104 cm³/mol. The second-order valence-electron chi connectivity index (χ2n) is 6.82. The summed E-state index contributed by atoms with van der Waals surface area (Å²) >= 11 is 0. The molecule has 0 saturated carbocycles. The topological polar surface area (TPSA) is 77.3 Å². The number of morpholine rings is 1. The van der Waals surface area contributed by atoms with Gasteiger partial charge in [-0.2, -0.15) is 0 Å². The Balaban J connectivity index is 1.55. The summed E-state index contributed by atoms with van der Waals surface area (Å²) in [5.74, 6) is -0.527. The van der Waals surface area contributed by atoms with E-state index >= 15 is 0 Å². The van der Waals surface area contributed by atoms with E-state index in [2.05, 4.69) is 9.97 Å². The zero-order chi connectivity index (χ0) is 20.4. The minimum absolute atomic E-state index is 0.175. The molecule has 3 aromatic rings. The average Bonchev–Trinajstić information content (AvgIpc) is 2.75. The van der Waals surface area contributed by atoms with Crippen molar-refractivity contribution in [3.05, 3.63) is 82.4 Å². The lowest BCUT2D eigenvalue weighted by Crippen LogP contribution is -2.42. The number of amides is 1. The third-order valence-electron chi connectivity index (χ3n) is 4.79. The highest BCUT2D eigenvalue weighted by atomic mass is 19.1. The monoisotopic (exact) mass is 394 g/mol. The third kappa shape index (κ3) is 4.07. The Morgan fingerprint density at radius 2 is 2.10 bits per heavy atom. The molecule has 0 radical (unpaired) electrons. The van der Waals surface area contributed by atoms with E-state index in [9.17, 15) is 14.0 Å². The zero-order valence-electron chi connectivity index (χ0n) is 15.8. The van der Waals surface area contributed by atoms with Gasteiger partial charge >= 0.3 is 0 Å². The van der Waals surface area contributed by atoms with Gasteiger partial charge in [-0.05, 0) is 18.2 Å². The molecular formula is C21H19FN4O3. The Kier molecular flexibility index (Phi) is 5.18. The van der Waals surface area contributed by atoms with E-state index in [0.29, 0.717) is 42.2 Å². The van der Waals surface area contributed by atoms with E-state index in [1.165, 1.54) is 35.0 Å². The van der Waals surface area contributed by atoms with E-state index in [4.69, 9.17) is 4.74 Å². The Morgan fingerprint density at radius 1 is 1.24 bits per heavy atom. The number of hydrogen-bond donors (Lipinski definition) is 0. The van der Waals surface area contributed by atoms with Gasteiger partial charge in [0.25, 0.3) is 5.91 Å². The fourth-order valence-electron chi connectivity index (χ4n) is 3.24. The van der Waals surface area contributed by atoms with Gasteiger partial charge in [0.05, 0.1) is 42.5 Å². The highest BCUT2D eigenvalue weighted by Gasteiger charge is 2.27. The second kappa shape index (κ2) is 7.92. The summed E-state index contributed by atoms with van der Waals surface area (Å²) in [5.41, 5.74) is 1.99. The Morgan fingerprint density at radius 3 is 2.90 bits per heavy atom. The molecular weight excluding hydrogens is 375 g/mol. The number of hydrogen-bond acceptors (Lipinski definition) is 5. The summed E-state index contributed by atoms with van der Waals surface area (Å²) in [6.07, 6.45) is 4.24. The van der Waals surface area contributed by atoms with Crippen LogP contribution in [0, 0.1) is 5.82 Å². The van der Waals surface area contributed by atoms with Crippen molar-refractivity contribution < 1.29 is 13.9 Å². The maximum atomic E-state index is 13.5. The number of aromatic nitrogens is 3. The van der Waals surface area contributed by atoms with Gasteiger partial charge in [-0.3, -0.25) is 14.6 Å². The van der Waals surface area contributed by atoms with Crippen LogP contribution in [0.25, 0.3) is 11.3 Å². The number of aryl methyl sites for hydroxylation is 1. The fraction of sp³-hybridized carbons (Fsp3) is 0.238. The van der Waals surface area contributed by atoms with E-state index in [0.717, 1.165) is 0 Å². The highest BCUT2D eigenvalue weighted by Crippen LogP contribution is 2.24. The number of carbonyl (C=O) groups is 1. The van der Waals surface area contributed by atoms with Crippen molar-refractivity contribution >= 4 is 5.91 Å². The molecule has 3 heterocycles. The van der Waals surface area contributed by atoms with Crippen LogP contribution in [-0.4, -0.2) is 45.0 Å². The van der Waals surface area contributed by atoms with Crippen LogP contribution < -0.4 is 5.56 Å². The van der Waals surface area contributed by atoms with Gasteiger partial charge < -0.3 is 14.2 Å². The van der Waals surface area contributed by atoms with Crippen LogP contribution in [0.2, 0.25) is 0 Å². The smallest absolute Gasteiger partial charge is 0.255 e. The molecule has 0 spiro atoms. The normalized spacial score (nSPS) is 16.6. The molecule has 0 bridgehead atoms. The first-order valence-corrected chi connectivity index (χ1v) is 9.17. The van der Waals surface area contributed by atoms with Gasteiger partial charge in [0.2, 0.25) is 5.56 Å². The lowest BCUT2D eigenvalue weighted by molar-refractivity contribution is -0.0248. The molecule has 2 aromatic heterocycles. The molecule has 1 aliphatic heterocycles. The standard InChI is InChI=1S/C21H19FN4O3/c1-25-12-15(5-6-20(25)27)21(28)26-7-8-29-19(13-26)18-11-23-10-17(24-18)14-3-2-4-16(22)9-14/h2-6,9-12,19H,7-8,13H2,1H3/t19-/m1/s1. The zero-order valence-corrected chi connectivity index (χ0v) is 15.8. The highest BCUT2D eigenvalue weighted by molar-refractivity contribution is 5.94. The van der Waals surface area contributed by atoms with Crippen molar-refractivity contribution in [3.63, 3.8) is 0 Å². The molecule has 148 valence electrons. The largest absolute Gasteiger partial charge is 0.368 e. The Hall–Kier alpha value is -3.39. The fourth-order valence-corrected chi connectivity index (χ4v) is 3.24. The molecule has 0 N–H and O–H groups in total. The molecule has 0 unspecified atom stereocenters. The molecule has 1 amide bonds. The van der Waals surface area contributed by atoms with Gasteiger partial charge in [0.15, 0.2) is 0 Å². The number of benzene rings is 1. The van der Waals surface area contributed by atoms with Crippen LogP contribution >= 0.6 is 0 Å². The lowest BCUT2D eigenvalue weighted by atomic mass is 10.1. The second-order valence-corrected chi connectivity index (χ2v) is 6.82.